The monoisotopic (exact) mass is 472 g/mol. The molecule has 3 aliphatic rings. The summed E-state index contributed by atoms with van der Waals surface area (Å²) in [7, 11) is 0. The molecule has 1 atom stereocenters. The van der Waals surface area contributed by atoms with Crippen molar-refractivity contribution in [2.45, 2.75) is 31.8 Å². The molecule has 0 bridgehead atoms. The number of ether oxygens (including phenoxy) is 1. The predicted molar refractivity (Wildman–Crippen MR) is 106 cm³/mol. The molecule has 0 saturated carbocycles. The van der Waals surface area contributed by atoms with Crippen LogP contribution in [0.1, 0.15) is 37.4 Å². The topological polar surface area (TPSA) is 35.9 Å². The first-order chi connectivity index (χ1) is 12.1. The number of aliphatic hydroxyl groups is 1. The van der Waals surface area contributed by atoms with Crippen molar-refractivity contribution in [1.82, 2.24) is 9.80 Å². The van der Waals surface area contributed by atoms with Gasteiger partial charge in [-0.15, -0.1) is 0 Å². The van der Waals surface area contributed by atoms with Crippen LogP contribution in [0.3, 0.4) is 0 Å². The molecular formula is C19H26Br2N2O2. The van der Waals surface area contributed by atoms with E-state index in [1.807, 2.05) is 12.1 Å². The Morgan fingerprint density at radius 1 is 1.00 bits per heavy atom. The molecule has 0 radical (unpaired) electrons. The summed E-state index contributed by atoms with van der Waals surface area (Å²) in [6, 6.07) is 4.01. The van der Waals surface area contributed by atoms with Crippen molar-refractivity contribution in [3.63, 3.8) is 0 Å². The number of benzene rings is 1. The number of halogens is 2. The maximum absolute atomic E-state index is 11.5. The fourth-order valence-corrected chi connectivity index (χ4v) is 6.02. The van der Waals surface area contributed by atoms with E-state index in [1.54, 1.807) is 0 Å². The first-order valence-corrected chi connectivity index (χ1v) is 10.9. The molecule has 25 heavy (non-hydrogen) atoms. The van der Waals surface area contributed by atoms with Crippen molar-refractivity contribution < 1.29 is 9.84 Å². The van der Waals surface area contributed by atoms with Crippen LogP contribution in [-0.4, -0.2) is 60.8 Å². The van der Waals surface area contributed by atoms with E-state index in [4.69, 9.17) is 4.74 Å². The highest BCUT2D eigenvalue weighted by atomic mass is 79.9. The zero-order valence-electron chi connectivity index (χ0n) is 14.5. The SMILES string of the molecule is O[C@H]1c2cc(Br)cc(Br)c2OCC1(CN1CCCC1)CN1CCCC1. The molecular weight excluding hydrogens is 448 g/mol. The van der Waals surface area contributed by atoms with E-state index < -0.39 is 6.10 Å². The second-order valence-corrected chi connectivity index (χ2v) is 9.60. The maximum atomic E-state index is 11.5. The minimum Gasteiger partial charge on any atom is -0.491 e. The molecule has 3 aliphatic heterocycles. The third kappa shape index (κ3) is 3.65. The zero-order chi connectivity index (χ0) is 17.4. The van der Waals surface area contributed by atoms with Crippen molar-refractivity contribution in [2.24, 2.45) is 5.41 Å². The molecule has 6 heteroatoms. The quantitative estimate of drug-likeness (QED) is 0.721. The standard InChI is InChI=1S/C19H26Br2N2O2/c20-14-9-15-17(16(21)10-14)25-13-19(18(15)24,11-22-5-1-2-6-22)12-23-7-3-4-8-23/h9-10,18,24H,1-8,11-13H2/t18-/m0/s1. The summed E-state index contributed by atoms with van der Waals surface area (Å²) in [6.07, 6.45) is 4.57. The second-order valence-electron chi connectivity index (χ2n) is 7.83. The van der Waals surface area contributed by atoms with E-state index in [2.05, 4.69) is 41.7 Å². The molecule has 0 amide bonds. The molecule has 2 saturated heterocycles. The van der Waals surface area contributed by atoms with E-state index in [1.165, 1.54) is 25.7 Å². The maximum Gasteiger partial charge on any atom is 0.139 e. The highest BCUT2D eigenvalue weighted by Gasteiger charge is 2.47. The second kappa shape index (κ2) is 7.47. The minimum atomic E-state index is -0.508. The molecule has 3 heterocycles. The normalized spacial score (nSPS) is 26.6. The average molecular weight is 474 g/mol. The molecule has 2 fully saturated rings. The first kappa shape index (κ1) is 18.2. The Labute approximate surface area is 166 Å². The molecule has 4 rings (SSSR count). The van der Waals surface area contributed by atoms with Gasteiger partial charge in [0.2, 0.25) is 0 Å². The van der Waals surface area contributed by atoms with Crippen LogP contribution in [0.5, 0.6) is 5.75 Å². The van der Waals surface area contributed by atoms with Gasteiger partial charge in [0.05, 0.1) is 22.6 Å². The van der Waals surface area contributed by atoms with Gasteiger partial charge in [0, 0.05) is 23.1 Å². The molecule has 0 aromatic heterocycles. The van der Waals surface area contributed by atoms with E-state index in [0.29, 0.717) is 6.61 Å². The highest BCUT2D eigenvalue weighted by molar-refractivity contribution is 9.11. The van der Waals surface area contributed by atoms with Crippen LogP contribution in [0.15, 0.2) is 21.1 Å². The number of likely N-dealkylation sites (tertiary alicyclic amines) is 2. The van der Waals surface area contributed by atoms with Gasteiger partial charge in [-0.1, -0.05) is 15.9 Å². The number of rotatable bonds is 4. The van der Waals surface area contributed by atoms with Gasteiger partial charge in [0.25, 0.3) is 0 Å². The van der Waals surface area contributed by atoms with Crippen LogP contribution in [-0.2, 0) is 0 Å². The van der Waals surface area contributed by atoms with E-state index in [0.717, 1.165) is 59.5 Å². The molecule has 4 nitrogen and oxygen atoms in total. The Bertz CT molecular complexity index is 610. The van der Waals surface area contributed by atoms with E-state index >= 15 is 0 Å². The summed E-state index contributed by atoms with van der Waals surface area (Å²) in [6.45, 7) is 6.97. The fraction of sp³-hybridized carbons (Fsp3) is 0.684. The summed E-state index contributed by atoms with van der Waals surface area (Å²) in [5.74, 6) is 0.800. The van der Waals surface area contributed by atoms with Crippen LogP contribution in [0.4, 0.5) is 0 Å². The molecule has 1 N–H and O–H groups in total. The van der Waals surface area contributed by atoms with Gasteiger partial charge in [-0.2, -0.15) is 0 Å². The summed E-state index contributed by atoms with van der Waals surface area (Å²) in [4.78, 5) is 5.03. The van der Waals surface area contributed by atoms with Gasteiger partial charge in [0.15, 0.2) is 0 Å². The summed E-state index contributed by atoms with van der Waals surface area (Å²) >= 11 is 7.15. The summed E-state index contributed by atoms with van der Waals surface area (Å²) in [5.41, 5.74) is 0.646. The summed E-state index contributed by atoms with van der Waals surface area (Å²) < 4.78 is 8.12. The van der Waals surface area contributed by atoms with Crippen LogP contribution in [0.2, 0.25) is 0 Å². The van der Waals surface area contributed by atoms with E-state index in [9.17, 15) is 5.11 Å². The average Bonchev–Trinajstić information content (AvgIpc) is 3.25. The highest BCUT2D eigenvalue weighted by Crippen LogP contribution is 2.48. The lowest BCUT2D eigenvalue weighted by molar-refractivity contribution is -0.0656. The van der Waals surface area contributed by atoms with Crippen molar-refractivity contribution in [2.75, 3.05) is 45.9 Å². The summed E-state index contributed by atoms with van der Waals surface area (Å²) in [5, 5.41) is 11.5. The lowest BCUT2D eigenvalue weighted by Crippen LogP contribution is -2.53. The third-order valence-electron chi connectivity index (χ3n) is 5.89. The van der Waals surface area contributed by atoms with Gasteiger partial charge in [-0.05, 0) is 79.9 Å². The van der Waals surface area contributed by atoms with Gasteiger partial charge < -0.3 is 19.6 Å². The first-order valence-electron chi connectivity index (χ1n) is 9.32. The Morgan fingerprint density at radius 3 is 2.12 bits per heavy atom. The van der Waals surface area contributed by atoms with Crippen molar-refractivity contribution in [1.29, 1.82) is 0 Å². The van der Waals surface area contributed by atoms with Crippen molar-refractivity contribution in [3.8, 4) is 5.75 Å². The number of hydrogen-bond donors (Lipinski definition) is 1. The van der Waals surface area contributed by atoms with Crippen LogP contribution < -0.4 is 4.74 Å². The lowest BCUT2D eigenvalue weighted by atomic mass is 9.76. The smallest absolute Gasteiger partial charge is 0.139 e. The molecule has 0 aliphatic carbocycles. The van der Waals surface area contributed by atoms with Crippen LogP contribution >= 0.6 is 31.9 Å². The van der Waals surface area contributed by atoms with E-state index in [-0.39, 0.29) is 5.41 Å². The molecule has 0 spiro atoms. The van der Waals surface area contributed by atoms with Crippen molar-refractivity contribution in [3.05, 3.63) is 26.6 Å². The van der Waals surface area contributed by atoms with Gasteiger partial charge in [-0.25, -0.2) is 0 Å². The zero-order valence-corrected chi connectivity index (χ0v) is 17.7. The number of nitrogens with zero attached hydrogens (tertiary/aromatic N) is 2. The van der Waals surface area contributed by atoms with Gasteiger partial charge in [0.1, 0.15) is 5.75 Å². The molecule has 1 aromatic carbocycles. The lowest BCUT2D eigenvalue weighted by Gasteiger charge is -2.46. The number of hydrogen-bond acceptors (Lipinski definition) is 4. The number of fused-ring (bicyclic) bond motifs is 1. The minimum absolute atomic E-state index is 0.262. The predicted octanol–water partition coefficient (Wildman–Crippen LogP) is 3.82. The molecule has 0 unspecified atom stereocenters. The molecule has 1 aromatic rings. The largest absolute Gasteiger partial charge is 0.491 e. The van der Waals surface area contributed by atoms with Gasteiger partial charge in [-0.3, -0.25) is 0 Å². The molecule has 138 valence electrons. The Balaban J connectivity index is 1.66. The Hall–Kier alpha value is -0.140. The van der Waals surface area contributed by atoms with Crippen LogP contribution in [0.25, 0.3) is 0 Å². The Morgan fingerprint density at radius 2 is 1.56 bits per heavy atom. The number of aliphatic hydroxyl groups excluding tert-OH is 1. The third-order valence-corrected chi connectivity index (χ3v) is 6.94. The Kier molecular flexibility index (Phi) is 5.45. The fourth-order valence-electron chi connectivity index (χ4n) is 4.65. The van der Waals surface area contributed by atoms with Gasteiger partial charge >= 0.3 is 0 Å². The van der Waals surface area contributed by atoms with Crippen LogP contribution in [0, 0.1) is 5.41 Å². The van der Waals surface area contributed by atoms with Crippen molar-refractivity contribution >= 4 is 31.9 Å².